The van der Waals surface area contributed by atoms with Gasteiger partial charge in [0, 0.05) is 11.6 Å². The van der Waals surface area contributed by atoms with Crippen molar-refractivity contribution in [2.45, 2.75) is 13.1 Å². The van der Waals surface area contributed by atoms with Gasteiger partial charge in [-0.2, -0.15) is 13.2 Å². The smallest absolute Gasteiger partial charge is 0.416 e. The summed E-state index contributed by atoms with van der Waals surface area (Å²) in [7, 11) is 0. The van der Waals surface area contributed by atoms with Gasteiger partial charge in [-0.25, -0.2) is 4.79 Å². The molecule has 20 heavy (non-hydrogen) atoms. The number of aliphatic hydroxyl groups is 1. The molecule has 1 aromatic carbocycles. The molecular weight excluding hydrogens is 277 g/mol. The normalized spacial score (nSPS) is 12.1. The molecule has 4 nitrogen and oxygen atoms in total. The molecular formula is C13H11F3O4. The maximum atomic E-state index is 12.3. The van der Waals surface area contributed by atoms with E-state index in [0.29, 0.717) is 6.08 Å². The first-order chi connectivity index (χ1) is 9.25. The standard InChI is InChI=1S/C13H11F3O4/c1-2-20-12(19)11(18)7-10(17)8-3-5-9(6-4-8)13(14,15)16/h3-7,17H,2H2,1H3. The molecule has 0 fully saturated rings. The van der Waals surface area contributed by atoms with Crippen LogP contribution in [0.25, 0.3) is 5.76 Å². The zero-order chi connectivity index (χ0) is 15.3. The van der Waals surface area contributed by atoms with E-state index in [-0.39, 0.29) is 12.2 Å². The van der Waals surface area contributed by atoms with Crippen LogP contribution >= 0.6 is 0 Å². The minimum atomic E-state index is -4.49. The van der Waals surface area contributed by atoms with Crippen molar-refractivity contribution in [1.82, 2.24) is 0 Å². The molecule has 0 aliphatic heterocycles. The van der Waals surface area contributed by atoms with Crippen LogP contribution in [-0.2, 0) is 20.5 Å². The van der Waals surface area contributed by atoms with Crippen molar-refractivity contribution < 1.29 is 32.6 Å². The van der Waals surface area contributed by atoms with E-state index in [0.717, 1.165) is 24.3 Å². The van der Waals surface area contributed by atoms with Crippen LogP contribution in [0.3, 0.4) is 0 Å². The number of hydrogen-bond acceptors (Lipinski definition) is 4. The molecule has 0 amide bonds. The molecule has 0 aromatic heterocycles. The zero-order valence-corrected chi connectivity index (χ0v) is 10.4. The Bertz CT molecular complexity index is 530. The molecule has 0 aliphatic rings. The molecule has 0 aliphatic carbocycles. The highest BCUT2D eigenvalue weighted by atomic mass is 19.4. The second-order valence-corrected chi connectivity index (χ2v) is 3.69. The third-order valence-electron chi connectivity index (χ3n) is 2.25. The van der Waals surface area contributed by atoms with E-state index in [1.54, 1.807) is 0 Å². The highest BCUT2D eigenvalue weighted by Gasteiger charge is 2.30. The zero-order valence-electron chi connectivity index (χ0n) is 10.4. The number of hydrogen-bond donors (Lipinski definition) is 1. The molecule has 1 aromatic rings. The van der Waals surface area contributed by atoms with Crippen molar-refractivity contribution in [3.8, 4) is 0 Å². The summed E-state index contributed by atoms with van der Waals surface area (Å²) in [5.41, 5.74) is -0.901. The third kappa shape index (κ3) is 4.11. The van der Waals surface area contributed by atoms with E-state index in [1.165, 1.54) is 6.92 Å². The fourth-order valence-corrected chi connectivity index (χ4v) is 1.30. The lowest BCUT2D eigenvalue weighted by atomic mass is 10.1. The predicted octanol–water partition coefficient (Wildman–Crippen LogP) is 2.74. The fraction of sp³-hybridized carbons (Fsp3) is 0.231. The summed E-state index contributed by atoms with van der Waals surface area (Å²) in [5, 5.41) is 9.55. The van der Waals surface area contributed by atoms with Crippen LogP contribution in [0.15, 0.2) is 30.3 Å². The Morgan fingerprint density at radius 2 is 1.80 bits per heavy atom. The van der Waals surface area contributed by atoms with E-state index >= 15 is 0 Å². The van der Waals surface area contributed by atoms with Crippen molar-refractivity contribution in [3.63, 3.8) is 0 Å². The summed E-state index contributed by atoms with van der Waals surface area (Å²) in [4.78, 5) is 22.3. The molecule has 0 spiro atoms. The molecule has 0 atom stereocenters. The second-order valence-electron chi connectivity index (χ2n) is 3.69. The Labute approximate surface area is 112 Å². The van der Waals surface area contributed by atoms with Crippen molar-refractivity contribution in [1.29, 1.82) is 0 Å². The minimum Gasteiger partial charge on any atom is -0.507 e. The van der Waals surface area contributed by atoms with Gasteiger partial charge >= 0.3 is 12.1 Å². The van der Waals surface area contributed by atoms with Crippen LogP contribution in [0.4, 0.5) is 13.2 Å². The Morgan fingerprint density at radius 1 is 1.25 bits per heavy atom. The second kappa shape index (κ2) is 6.23. The highest BCUT2D eigenvalue weighted by molar-refractivity contribution is 6.39. The summed E-state index contributed by atoms with van der Waals surface area (Å²) in [5.74, 6) is -2.85. The SMILES string of the molecule is CCOC(=O)C(=O)C=C(O)c1ccc(C(F)(F)F)cc1. The number of alkyl halides is 3. The Balaban J connectivity index is 2.90. The number of rotatable bonds is 4. The van der Waals surface area contributed by atoms with Crippen molar-refractivity contribution in [3.05, 3.63) is 41.5 Å². The minimum absolute atomic E-state index is 0.000541. The largest absolute Gasteiger partial charge is 0.507 e. The number of carbonyl (C=O) groups is 2. The van der Waals surface area contributed by atoms with Crippen LogP contribution in [0.1, 0.15) is 18.1 Å². The summed E-state index contributed by atoms with van der Waals surface area (Å²) >= 11 is 0. The fourth-order valence-electron chi connectivity index (χ4n) is 1.30. The van der Waals surface area contributed by atoms with E-state index in [2.05, 4.69) is 4.74 Å². The molecule has 0 saturated heterocycles. The maximum Gasteiger partial charge on any atom is 0.416 e. The molecule has 0 heterocycles. The van der Waals surface area contributed by atoms with E-state index in [9.17, 15) is 27.9 Å². The molecule has 0 bridgehead atoms. The lowest BCUT2D eigenvalue weighted by Crippen LogP contribution is -2.15. The first-order valence-corrected chi connectivity index (χ1v) is 5.55. The van der Waals surface area contributed by atoms with Crippen molar-refractivity contribution in [2.75, 3.05) is 6.61 Å². The van der Waals surface area contributed by atoms with Crippen LogP contribution in [0.2, 0.25) is 0 Å². The molecule has 108 valence electrons. The van der Waals surface area contributed by atoms with Gasteiger partial charge in [0.15, 0.2) is 0 Å². The summed E-state index contributed by atoms with van der Waals surface area (Å²) < 4.78 is 41.4. The van der Waals surface area contributed by atoms with Gasteiger partial charge in [0.1, 0.15) is 5.76 Å². The summed E-state index contributed by atoms with van der Waals surface area (Å²) in [6, 6.07) is 3.50. The molecule has 7 heteroatoms. The van der Waals surface area contributed by atoms with Gasteiger partial charge in [-0.1, -0.05) is 12.1 Å². The lowest BCUT2D eigenvalue weighted by molar-refractivity contribution is -0.151. The number of esters is 1. The van der Waals surface area contributed by atoms with Crippen LogP contribution in [0, 0.1) is 0 Å². The van der Waals surface area contributed by atoms with Crippen molar-refractivity contribution >= 4 is 17.5 Å². The topological polar surface area (TPSA) is 63.6 Å². The number of benzene rings is 1. The maximum absolute atomic E-state index is 12.3. The number of ketones is 1. The number of halogens is 3. The van der Waals surface area contributed by atoms with Crippen molar-refractivity contribution in [2.24, 2.45) is 0 Å². The lowest BCUT2D eigenvalue weighted by Gasteiger charge is -2.07. The van der Waals surface area contributed by atoms with E-state index < -0.39 is 29.3 Å². The van der Waals surface area contributed by atoms with Crippen LogP contribution < -0.4 is 0 Å². The average molecular weight is 288 g/mol. The first-order valence-electron chi connectivity index (χ1n) is 5.55. The summed E-state index contributed by atoms with van der Waals surface area (Å²) in [6.45, 7) is 1.50. The van der Waals surface area contributed by atoms with Gasteiger partial charge in [0.25, 0.3) is 5.78 Å². The Morgan fingerprint density at radius 3 is 2.25 bits per heavy atom. The van der Waals surface area contributed by atoms with E-state index in [4.69, 9.17) is 0 Å². The van der Waals surface area contributed by atoms with Crippen LogP contribution in [-0.4, -0.2) is 23.5 Å². The van der Waals surface area contributed by atoms with Gasteiger partial charge < -0.3 is 9.84 Å². The molecule has 1 N–H and O–H groups in total. The average Bonchev–Trinajstić information content (AvgIpc) is 2.38. The number of carbonyl (C=O) groups excluding carboxylic acids is 2. The number of ether oxygens (including phenoxy) is 1. The van der Waals surface area contributed by atoms with Gasteiger partial charge in [-0.05, 0) is 19.1 Å². The predicted molar refractivity (Wildman–Crippen MR) is 63.7 cm³/mol. The number of aliphatic hydroxyl groups excluding tert-OH is 1. The van der Waals surface area contributed by atoms with Gasteiger partial charge in [0.05, 0.1) is 12.2 Å². The van der Waals surface area contributed by atoms with Gasteiger partial charge in [0.2, 0.25) is 0 Å². The molecule has 1 rings (SSSR count). The molecule has 0 radical (unpaired) electrons. The Kier molecular flexibility index (Phi) is 4.90. The van der Waals surface area contributed by atoms with Gasteiger partial charge in [-0.15, -0.1) is 0 Å². The van der Waals surface area contributed by atoms with Gasteiger partial charge in [-0.3, -0.25) is 4.79 Å². The summed E-state index contributed by atoms with van der Waals surface area (Å²) in [6.07, 6.45) is -3.89. The van der Waals surface area contributed by atoms with E-state index in [1.807, 2.05) is 0 Å². The highest BCUT2D eigenvalue weighted by Crippen LogP contribution is 2.29. The quantitative estimate of drug-likeness (QED) is 0.400. The molecule has 0 unspecified atom stereocenters. The molecule has 0 saturated carbocycles. The third-order valence-corrected chi connectivity index (χ3v) is 2.25. The first kappa shape index (κ1) is 15.7. The monoisotopic (exact) mass is 288 g/mol. The Hall–Kier alpha value is -2.31. The van der Waals surface area contributed by atoms with Crippen LogP contribution in [0.5, 0.6) is 0 Å².